The summed E-state index contributed by atoms with van der Waals surface area (Å²) in [5.41, 5.74) is -0.318. The van der Waals surface area contributed by atoms with E-state index in [4.69, 9.17) is 4.74 Å². The molecule has 2 bridgehead atoms. The van der Waals surface area contributed by atoms with E-state index in [0.717, 1.165) is 19.3 Å². The number of hydrogen-bond donors (Lipinski definition) is 1. The molecule has 1 aliphatic carbocycles. The van der Waals surface area contributed by atoms with E-state index in [-0.39, 0.29) is 17.3 Å². The lowest BCUT2D eigenvalue weighted by Gasteiger charge is -2.46. The Hall–Kier alpha value is -0.0800. The predicted octanol–water partition coefficient (Wildman–Crippen LogP) is 2.11. The normalized spacial score (nSPS) is 48.9. The topological polar surface area (TPSA) is 29.5 Å². The standard InChI is InChI=1S/C11H20O2/c1-10(2)8-4-5-9(12)11(3,13-10)7-6-8/h8-9,12H,4-7H2,1-3H3. The van der Waals surface area contributed by atoms with Crippen LogP contribution in [0.4, 0.5) is 0 Å². The third-order valence-corrected chi connectivity index (χ3v) is 3.96. The van der Waals surface area contributed by atoms with Crippen LogP contribution in [0, 0.1) is 5.92 Å². The summed E-state index contributed by atoms with van der Waals surface area (Å²) in [4.78, 5) is 0. The highest BCUT2D eigenvalue weighted by Crippen LogP contribution is 2.47. The smallest absolute Gasteiger partial charge is 0.0919 e. The molecule has 0 aromatic rings. The van der Waals surface area contributed by atoms with Crippen LogP contribution in [-0.4, -0.2) is 22.4 Å². The molecule has 76 valence electrons. The Bertz CT molecular complexity index is 210. The number of rotatable bonds is 0. The molecule has 2 saturated heterocycles. The molecule has 0 amide bonds. The number of fused-ring (bicyclic) bond motifs is 4. The number of ether oxygens (including phenoxy) is 1. The Kier molecular flexibility index (Phi) is 1.97. The minimum Gasteiger partial charge on any atom is -0.390 e. The average molecular weight is 184 g/mol. The number of hydrogen-bond acceptors (Lipinski definition) is 2. The van der Waals surface area contributed by atoms with E-state index in [9.17, 15) is 5.11 Å². The lowest BCUT2D eigenvalue weighted by Crippen LogP contribution is -2.51. The second-order valence-electron chi connectivity index (χ2n) is 5.35. The lowest BCUT2D eigenvalue weighted by atomic mass is 9.80. The Morgan fingerprint density at radius 3 is 2.46 bits per heavy atom. The maximum Gasteiger partial charge on any atom is 0.0919 e. The molecule has 3 rings (SSSR count). The van der Waals surface area contributed by atoms with Gasteiger partial charge in [0, 0.05) is 0 Å². The van der Waals surface area contributed by atoms with Crippen LogP contribution in [0.15, 0.2) is 0 Å². The number of aliphatic hydroxyl groups excluding tert-OH is 1. The lowest BCUT2D eigenvalue weighted by molar-refractivity contribution is -0.212. The van der Waals surface area contributed by atoms with Gasteiger partial charge in [0.15, 0.2) is 0 Å². The van der Waals surface area contributed by atoms with Gasteiger partial charge in [0.25, 0.3) is 0 Å². The first kappa shape index (κ1) is 9.47. The van der Waals surface area contributed by atoms with Crippen molar-refractivity contribution in [3.8, 4) is 0 Å². The molecular formula is C11H20O2. The fourth-order valence-corrected chi connectivity index (χ4v) is 2.93. The van der Waals surface area contributed by atoms with Crippen molar-refractivity contribution in [2.45, 2.75) is 63.8 Å². The van der Waals surface area contributed by atoms with E-state index in [0.29, 0.717) is 5.92 Å². The summed E-state index contributed by atoms with van der Waals surface area (Å²) in [6.45, 7) is 6.38. The fourth-order valence-electron chi connectivity index (χ4n) is 2.93. The monoisotopic (exact) mass is 184 g/mol. The summed E-state index contributed by atoms with van der Waals surface area (Å²) in [7, 11) is 0. The Morgan fingerprint density at radius 1 is 1.15 bits per heavy atom. The molecule has 2 heterocycles. The average Bonchev–Trinajstić information content (AvgIpc) is 2.16. The molecule has 0 spiro atoms. The molecule has 2 nitrogen and oxygen atoms in total. The van der Waals surface area contributed by atoms with Gasteiger partial charge in [-0.3, -0.25) is 0 Å². The van der Waals surface area contributed by atoms with E-state index < -0.39 is 0 Å². The van der Waals surface area contributed by atoms with Crippen molar-refractivity contribution in [3.05, 3.63) is 0 Å². The van der Waals surface area contributed by atoms with Crippen molar-refractivity contribution in [1.82, 2.24) is 0 Å². The molecule has 0 radical (unpaired) electrons. The molecule has 3 unspecified atom stereocenters. The largest absolute Gasteiger partial charge is 0.390 e. The van der Waals surface area contributed by atoms with E-state index in [1.165, 1.54) is 6.42 Å². The third kappa shape index (κ3) is 1.40. The quantitative estimate of drug-likeness (QED) is 0.624. The SMILES string of the molecule is CC1(C)OC2(C)CCC1CCC2O. The van der Waals surface area contributed by atoms with Crippen LogP contribution >= 0.6 is 0 Å². The van der Waals surface area contributed by atoms with Gasteiger partial charge in [-0.25, -0.2) is 0 Å². The summed E-state index contributed by atoms with van der Waals surface area (Å²) in [5.74, 6) is 0.637. The van der Waals surface area contributed by atoms with Gasteiger partial charge < -0.3 is 9.84 Å². The van der Waals surface area contributed by atoms with Gasteiger partial charge in [0.1, 0.15) is 0 Å². The zero-order valence-corrected chi connectivity index (χ0v) is 8.84. The minimum absolute atomic E-state index is 0.0372. The van der Waals surface area contributed by atoms with Crippen LogP contribution in [0.5, 0.6) is 0 Å². The predicted molar refractivity (Wildman–Crippen MR) is 51.5 cm³/mol. The Balaban J connectivity index is 2.29. The molecule has 3 atom stereocenters. The molecule has 2 heteroatoms. The molecule has 0 aromatic heterocycles. The van der Waals surface area contributed by atoms with Crippen molar-refractivity contribution >= 4 is 0 Å². The second kappa shape index (κ2) is 2.71. The van der Waals surface area contributed by atoms with Crippen molar-refractivity contribution in [2.24, 2.45) is 5.92 Å². The highest BCUT2D eigenvalue weighted by Gasteiger charge is 2.49. The number of aliphatic hydroxyl groups is 1. The van der Waals surface area contributed by atoms with Crippen LogP contribution in [0.2, 0.25) is 0 Å². The summed E-state index contributed by atoms with van der Waals surface area (Å²) >= 11 is 0. The van der Waals surface area contributed by atoms with Crippen molar-refractivity contribution in [1.29, 1.82) is 0 Å². The Morgan fingerprint density at radius 2 is 1.85 bits per heavy atom. The van der Waals surface area contributed by atoms with Crippen molar-refractivity contribution in [2.75, 3.05) is 0 Å². The van der Waals surface area contributed by atoms with E-state index in [1.807, 2.05) is 0 Å². The van der Waals surface area contributed by atoms with Gasteiger partial charge in [0.2, 0.25) is 0 Å². The van der Waals surface area contributed by atoms with Gasteiger partial charge in [-0.1, -0.05) is 0 Å². The first-order valence-electron chi connectivity index (χ1n) is 5.32. The summed E-state index contributed by atoms with van der Waals surface area (Å²) in [6.07, 6.45) is 3.98. The summed E-state index contributed by atoms with van der Waals surface area (Å²) < 4.78 is 6.05. The van der Waals surface area contributed by atoms with Crippen molar-refractivity contribution in [3.63, 3.8) is 0 Å². The van der Waals surface area contributed by atoms with Gasteiger partial charge in [-0.2, -0.15) is 0 Å². The van der Waals surface area contributed by atoms with Crippen molar-refractivity contribution < 1.29 is 9.84 Å². The second-order valence-corrected chi connectivity index (χ2v) is 5.35. The maximum atomic E-state index is 9.94. The van der Waals surface area contributed by atoms with Crippen LogP contribution in [0.1, 0.15) is 46.5 Å². The molecule has 3 fully saturated rings. The van der Waals surface area contributed by atoms with Gasteiger partial charge in [-0.15, -0.1) is 0 Å². The Labute approximate surface area is 80.3 Å². The highest BCUT2D eigenvalue weighted by molar-refractivity contribution is 4.99. The zero-order chi connectivity index (χ0) is 9.69. The summed E-state index contributed by atoms with van der Waals surface area (Å²) in [6, 6.07) is 0. The van der Waals surface area contributed by atoms with Gasteiger partial charge in [-0.05, 0) is 52.4 Å². The van der Waals surface area contributed by atoms with E-state index in [2.05, 4.69) is 20.8 Å². The van der Waals surface area contributed by atoms with Crippen LogP contribution < -0.4 is 0 Å². The van der Waals surface area contributed by atoms with Crippen LogP contribution in [0.25, 0.3) is 0 Å². The first-order valence-corrected chi connectivity index (χ1v) is 5.32. The van der Waals surface area contributed by atoms with Gasteiger partial charge >= 0.3 is 0 Å². The fraction of sp³-hybridized carbons (Fsp3) is 1.00. The summed E-state index contributed by atoms with van der Waals surface area (Å²) in [5, 5.41) is 9.94. The highest BCUT2D eigenvalue weighted by atomic mass is 16.5. The van der Waals surface area contributed by atoms with Crippen LogP contribution in [0.3, 0.4) is 0 Å². The third-order valence-electron chi connectivity index (χ3n) is 3.96. The van der Waals surface area contributed by atoms with E-state index in [1.54, 1.807) is 0 Å². The van der Waals surface area contributed by atoms with Crippen LogP contribution in [-0.2, 0) is 4.74 Å². The van der Waals surface area contributed by atoms with Gasteiger partial charge in [0.05, 0.1) is 17.3 Å². The first-order chi connectivity index (χ1) is 5.94. The molecular weight excluding hydrogens is 164 g/mol. The molecule has 13 heavy (non-hydrogen) atoms. The van der Waals surface area contributed by atoms with E-state index >= 15 is 0 Å². The zero-order valence-electron chi connectivity index (χ0n) is 8.84. The molecule has 0 aromatic carbocycles. The molecule has 1 N–H and O–H groups in total. The molecule has 1 saturated carbocycles. The maximum absolute atomic E-state index is 9.94. The minimum atomic E-state index is -0.281. The molecule has 3 aliphatic rings. The molecule has 2 aliphatic heterocycles.